The SMILES string of the molecule is O=S(=O)(O)c1cc(Nc2nc(Cl)nc(Nc3ccccc3)n2)ccc1C=Cc1ccc(Nc2nc(Cl)nc(Nc3ccccc3)n2)cc1S(=O)(=O)O.[Na].[Na]. The standard InChI is InChI=1S/C32H24Cl2N10O6S2.2Na/c33-27-39-29(35-21-7-3-1-4-8-21)43-31(41-27)37-23-15-13-19(25(17-23)51(45,46)47)11-12-20-14-16-24(18-26(20)52(48,49)50)38-32-42-28(34)40-30(44-32)36-22-9-5-2-6-10-22;;/h1-18H,(H,45,46,47)(H,48,49,50)(H2,35,37,39,41,43)(H2,36,38,40,42,44);;. The summed E-state index contributed by atoms with van der Waals surface area (Å²) in [6.07, 6.45) is 2.50. The van der Waals surface area contributed by atoms with Crippen molar-refractivity contribution in [1.29, 1.82) is 0 Å². The number of aromatic nitrogens is 6. The van der Waals surface area contributed by atoms with E-state index in [2.05, 4.69) is 51.2 Å². The zero-order valence-electron chi connectivity index (χ0n) is 28.2. The Morgan fingerprint density at radius 3 is 1.09 bits per heavy atom. The molecule has 0 amide bonds. The smallest absolute Gasteiger partial charge is 0.295 e. The molecule has 0 spiro atoms. The van der Waals surface area contributed by atoms with Crippen LogP contribution in [0.1, 0.15) is 11.1 Å². The molecule has 2 heterocycles. The van der Waals surface area contributed by atoms with Crippen molar-refractivity contribution in [2.24, 2.45) is 0 Å². The molecule has 0 unspecified atom stereocenters. The molecule has 0 aliphatic heterocycles. The van der Waals surface area contributed by atoms with Gasteiger partial charge in [-0.05, 0) is 82.9 Å². The van der Waals surface area contributed by atoms with Gasteiger partial charge in [0.25, 0.3) is 20.2 Å². The van der Waals surface area contributed by atoms with E-state index in [0.717, 1.165) is 12.1 Å². The van der Waals surface area contributed by atoms with Crippen molar-refractivity contribution in [3.63, 3.8) is 0 Å². The molecule has 0 fully saturated rings. The van der Waals surface area contributed by atoms with Crippen LogP contribution in [-0.2, 0) is 20.2 Å². The van der Waals surface area contributed by atoms with Gasteiger partial charge in [0.05, 0.1) is 0 Å². The number of nitrogens with one attached hydrogen (secondary N) is 4. The van der Waals surface area contributed by atoms with Gasteiger partial charge >= 0.3 is 0 Å². The molecule has 0 saturated carbocycles. The fourth-order valence-electron chi connectivity index (χ4n) is 4.61. The zero-order chi connectivity index (χ0) is 36.9. The van der Waals surface area contributed by atoms with E-state index in [0.29, 0.717) is 11.4 Å². The third-order valence-electron chi connectivity index (χ3n) is 6.81. The van der Waals surface area contributed by atoms with Crippen molar-refractivity contribution in [1.82, 2.24) is 29.9 Å². The monoisotopic (exact) mass is 824 g/mol. The van der Waals surface area contributed by atoms with Crippen molar-refractivity contribution in [3.05, 3.63) is 119 Å². The third kappa shape index (κ3) is 11.9. The normalized spacial score (nSPS) is 11.3. The van der Waals surface area contributed by atoms with Crippen LogP contribution >= 0.6 is 23.2 Å². The number of para-hydroxylation sites is 2. The molecular weight excluding hydrogens is 801 g/mol. The van der Waals surface area contributed by atoms with E-state index in [4.69, 9.17) is 23.2 Å². The van der Waals surface area contributed by atoms with E-state index in [-0.39, 0.29) is 116 Å². The molecule has 0 bridgehead atoms. The second kappa shape index (κ2) is 18.7. The average Bonchev–Trinajstić information content (AvgIpc) is 3.07. The van der Waals surface area contributed by atoms with Crippen molar-refractivity contribution in [2.45, 2.75) is 9.79 Å². The van der Waals surface area contributed by atoms with Gasteiger partial charge in [-0.3, -0.25) is 9.11 Å². The average molecular weight is 826 g/mol. The molecule has 6 rings (SSSR count). The predicted octanol–water partition coefficient (Wildman–Crippen LogP) is 6.24. The molecule has 6 N–H and O–H groups in total. The molecule has 22 heteroatoms. The van der Waals surface area contributed by atoms with Gasteiger partial charge in [0.15, 0.2) is 0 Å². The summed E-state index contributed by atoms with van der Waals surface area (Å²) in [5.41, 5.74) is 1.65. The Morgan fingerprint density at radius 2 is 0.778 bits per heavy atom. The molecule has 4 aromatic carbocycles. The van der Waals surface area contributed by atoms with Crippen LogP contribution in [0.4, 0.5) is 46.5 Å². The van der Waals surface area contributed by atoms with Gasteiger partial charge in [-0.25, -0.2) is 0 Å². The van der Waals surface area contributed by atoms with Gasteiger partial charge in [0.1, 0.15) is 9.79 Å². The minimum absolute atomic E-state index is 0. The van der Waals surface area contributed by atoms with Crippen LogP contribution in [-0.4, -0.2) is 115 Å². The summed E-state index contributed by atoms with van der Waals surface area (Å²) in [5.74, 6) is 0.164. The summed E-state index contributed by atoms with van der Waals surface area (Å²) in [5, 5.41) is 11.3. The van der Waals surface area contributed by atoms with Crippen molar-refractivity contribution in [3.8, 4) is 0 Å². The van der Waals surface area contributed by atoms with Crippen LogP contribution in [0.2, 0.25) is 10.6 Å². The van der Waals surface area contributed by atoms with Crippen LogP contribution in [0.15, 0.2) is 107 Å². The van der Waals surface area contributed by atoms with Gasteiger partial charge in [-0.15, -0.1) is 0 Å². The summed E-state index contributed by atoms with van der Waals surface area (Å²) in [6.45, 7) is 0. The van der Waals surface area contributed by atoms with E-state index < -0.39 is 30.0 Å². The fraction of sp³-hybridized carbons (Fsp3) is 0. The van der Waals surface area contributed by atoms with Gasteiger partial charge in [-0.2, -0.15) is 46.7 Å². The number of rotatable bonds is 12. The Kier molecular flexibility index (Phi) is 14.9. The predicted molar refractivity (Wildman–Crippen MR) is 209 cm³/mol. The Balaban J connectivity index is 0.00000325. The van der Waals surface area contributed by atoms with E-state index in [1.807, 2.05) is 36.4 Å². The van der Waals surface area contributed by atoms with E-state index in [9.17, 15) is 25.9 Å². The molecule has 2 radical (unpaired) electrons. The van der Waals surface area contributed by atoms with E-state index in [1.54, 1.807) is 24.3 Å². The Bertz CT molecular complexity index is 2350. The summed E-state index contributed by atoms with van der Waals surface area (Å²) < 4.78 is 69.8. The van der Waals surface area contributed by atoms with Gasteiger partial charge in [-0.1, -0.05) is 60.7 Å². The number of hydrogen-bond donors (Lipinski definition) is 6. The molecule has 6 aromatic rings. The molecular formula is C32H24Cl2N10Na2O6S2. The first kappa shape index (κ1) is 43.0. The molecule has 0 aliphatic carbocycles. The molecule has 0 aliphatic rings. The second-order valence-electron chi connectivity index (χ2n) is 10.5. The number of halogens is 2. The third-order valence-corrected chi connectivity index (χ3v) is 8.97. The summed E-state index contributed by atoms with van der Waals surface area (Å²) >= 11 is 12.2. The minimum Gasteiger partial charge on any atom is -0.324 e. The summed E-state index contributed by atoms with van der Waals surface area (Å²) in [6, 6.07) is 25.9. The second-order valence-corrected chi connectivity index (χ2v) is 14.0. The summed E-state index contributed by atoms with van der Waals surface area (Å²) in [4.78, 5) is 23.5. The number of anilines is 8. The first-order chi connectivity index (χ1) is 24.8. The molecule has 0 saturated heterocycles. The van der Waals surface area contributed by atoms with E-state index in [1.165, 1.54) is 36.4 Å². The number of nitrogens with zero attached hydrogens (tertiary/aromatic N) is 6. The maximum Gasteiger partial charge on any atom is 0.295 e. The van der Waals surface area contributed by atoms with Gasteiger partial charge < -0.3 is 21.3 Å². The molecule has 2 aromatic heterocycles. The van der Waals surface area contributed by atoms with Crippen LogP contribution in [0, 0.1) is 0 Å². The largest absolute Gasteiger partial charge is 0.324 e. The van der Waals surface area contributed by atoms with Gasteiger partial charge in [0, 0.05) is 81.9 Å². The molecule has 266 valence electrons. The molecule has 16 nitrogen and oxygen atoms in total. The van der Waals surface area contributed by atoms with Crippen LogP contribution in [0.5, 0.6) is 0 Å². The number of benzene rings is 4. The van der Waals surface area contributed by atoms with Crippen molar-refractivity contribution in [2.75, 3.05) is 21.3 Å². The topological polar surface area (TPSA) is 234 Å². The maximum atomic E-state index is 12.4. The summed E-state index contributed by atoms with van der Waals surface area (Å²) in [7, 11) is -9.62. The maximum absolute atomic E-state index is 12.4. The first-order valence-corrected chi connectivity index (χ1v) is 18.3. The zero-order valence-corrected chi connectivity index (χ0v) is 35.3. The Hall–Kier alpha value is -3.76. The van der Waals surface area contributed by atoms with Crippen LogP contribution in [0.25, 0.3) is 12.2 Å². The minimum atomic E-state index is -4.81. The van der Waals surface area contributed by atoms with Gasteiger partial charge in [0.2, 0.25) is 34.4 Å². The van der Waals surface area contributed by atoms with Crippen LogP contribution in [0.3, 0.4) is 0 Å². The molecule has 54 heavy (non-hydrogen) atoms. The van der Waals surface area contributed by atoms with Crippen LogP contribution < -0.4 is 21.3 Å². The number of hydrogen-bond acceptors (Lipinski definition) is 14. The Labute approximate surface area is 363 Å². The fourth-order valence-corrected chi connectivity index (χ4v) is 6.35. The quantitative estimate of drug-likeness (QED) is 0.0455. The molecule has 0 atom stereocenters. The first-order valence-electron chi connectivity index (χ1n) is 14.7. The Morgan fingerprint density at radius 1 is 0.463 bits per heavy atom. The van der Waals surface area contributed by atoms with E-state index >= 15 is 0 Å². The van der Waals surface area contributed by atoms with Crippen molar-refractivity contribution >= 4 is 161 Å². The van der Waals surface area contributed by atoms with Crippen molar-refractivity contribution < 1.29 is 25.9 Å².